The number of hydrogen-bond acceptors (Lipinski definition) is 6. The van der Waals surface area contributed by atoms with Crippen molar-refractivity contribution in [3.63, 3.8) is 0 Å². The summed E-state index contributed by atoms with van der Waals surface area (Å²) < 4.78 is 7.53. The molecule has 0 saturated heterocycles. The van der Waals surface area contributed by atoms with E-state index in [2.05, 4.69) is 22.4 Å². The minimum Gasteiger partial charge on any atom is -0.477 e. The van der Waals surface area contributed by atoms with Gasteiger partial charge in [0.1, 0.15) is 11.2 Å². The maximum Gasteiger partial charge on any atom is 0.227 e. The lowest BCUT2D eigenvalue weighted by Crippen LogP contribution is -2.15. The molecule has 156 valence electrons. The molecule has 0 bridgehead atoms. The topological polar surface area (TPSA) is 104 Å². The van der Waals surface area contributed by atoms with E-state index in [1.54, 1.807) is 36.4 Å². The molecule has 0 radical (unpaired) electrons. The first kappa shape index (κ1) is 20.6. The molecule has 32 heavy (non-hydrogen) atoms. The summed E-state index contributed by atoms with van der Waals surface area (Å²) in [6.45, 7) is 4.04. The molecule has 0 aliphatic heterocycles. The fourth-order valence-corrected chi connectivity index (χ4v) is 3.57. The van der Waals surface area contributed by atoms with Crippen LogP contribution in [0, 0.1) is 29.6 Å². The largest absolute Gasteiger partial charge is 0.477 e. The van der Waals surface area contributed by atoms with Crippen LogP contribution in [0.25, 0.3) is 16.6 Å². The summed E-state index contributed by atoms with van der Waals surface area (Å²) in [5.74, 6) is 0.761. The molecule has 0 fully saturated rings. The summed E-state index contributed by atoms with van der Waals surface area (Å²) in [5.41, 5.74) is 3.38. The minimum absolute atomic E-state index is 0.248. The number of rotatable bonds is 5. The monoisotopic (exact) mass is 421 g/mol. The molecule has 7 nitrogen and oxygen atoms in total. The third-order valence-electron chi connectivity index (χ3n) is 4.87. The lowest BCUT2D eigenvalue weighted by Gasteiger charge is -2.20. The lowest BCUT2D eigenvalue weighted by atomic mass is 10.1. The number of benzene rings is 2. The third-order valence-corrected chi connectivity index (χ3v) is 4.87. The van der Waals surface area contributed by atoms with Crippen molar-refractivity contribution < 1.29 is 4.74 Å². The van der Waals surface area contributed by atoms with Crippen molar-refractivity contribution in [2.24, 2.45) is 0 Å². The summed E-state index contributed by atoms with van der Waals surface area (Å²) in [6, 6.07) is 21.7. The number of nitriles is 2. The molecule has 0 amide bonds. The molecule has 1 N–H and O–H groups in total. The Balaban J connectivity index is 2.05. The Hall–Kier alpha value is -4.62. The standard InChI is InChI=1S/C25H19N5O2/c1-3-32-25-24-21(10-16(2)28-25)30(20-9-5-7-18(12-20)15-27)23(13-22(24)31)29-19-8-4-6-17(11-19)14-26/h4-13,29H,3H2,1-2H3. The van der Waals surface area contributed by atoms with Gasteiger partial charge >= 0.3 is 0 Å². The molecule has 0 spiro atoms. The van der Waals surface area contributed by atoms with E-state index < -0.39 is 0 Å². The number of pyridine rings is 2. The Morgan fingerprint density at radius 2 is 1.75 bits per heavy atom. The maximum atomic E-state index is 13.1. The van der Waals surface area contributed by atoms with Gasteiger partial charge in [0.25, 0.3) is 0 Å². The Labute approximate surface area is 184 Å². The molecule has 2 aromatic heterocycles. The number of hydrogen-bond donors (Lipinski definition) is 1. The summed E-state index contributed by atoms with van der Waals surface area (Å²) in [5, 5.41) is 22.2. The van der Waals surface area contributed by atoms with Crippen LogP contribution in [0.15, 0.2) is 65.5 Å². The van der Waals surface area contributed by atoms with Crippen LogP contribution in [0.1, 0.15) is 23.7 Å². The summed E-state index contributed by atoms with van der Waals surface area (Å²) in [6.07, 6.45) is 0. The van der Waals surface area contributed by atoms with E-state index in [0.717, 1.165) is 0 Å². The Kier molecular flexibility index (Phi) is 5.57. The fourth-order valence-electron chi connectivity index (χ4n) is 3.57. The number of nitrogens with zero attached hydrogens (tertiary/aromatic N) is 4. The van der Waals surface area contributed by atoms with Gasteiger partial charge in [0.15, 0.2) is 5.43 Å². The quantitative estimate of drug-likeness (QED) is 0.506. The van der Waals surface area contributed by atoms with Gasteiger partial charge in [-0.25, -0.2) is 4.98 Å². The lowest BCUT2D eigenvalue weighted by molar-refractivity contribution is 0.330. The van der Waals surface area contributed by atoms with Crippen molar-refractivity contribution in [3.8, 4) is 23.7 Å². The fraction of sp³-hybridized carbons (Fsp3) is 0.120. The first-order chi connectivity index (χ1) is 15.5. The van der Waals surface area contributed by atoms with Crippen molar-refractivity contribution >= 4 is 22.4 Å². The van der Waals surface area contributed by atoms with Gasteiger partial charge in [-0.1, -0.05) is 12.1 Å². The number of fused-ring (bicyclic) bond motifs is 1. The average Bonchev–Trinajstić information content (AvgIpc) is 2.79. The maximum absolute atomic E-state index is 13.1. The number of aromatic nitrogens is 2. The first-order valence-electron chi connectivity index (χ1n) is 10.0. The van der Waals surface area contributed by atoms with E-state index in [1.807, 2.05) is 36.6 Å². The molecule has 4 rings (SSSR count). The van der Waals surface area contributed by atoms with Crippen molar-refractivity contribution in [2.45, 2.75) is 13.8 Å². The van der Waals surface area contributed by atoms with Crippen LogP contribution in [0.3, 0.4) is 0 Å². The molecule has 7 heteroatoms. The molecule has 0 aliphatic rings. The van der Waals surface area contributed by atoms with Gasteiger partial charge in [-0.15, -0.1) is 0 Å². The number of anilines is 2. The van der Waals surface area contributed by atoms with E-state index in [4.69, 9.17) is 4.74 Å². The van der Waals surface area contributed by atoms with Gasteiger partial charge in [-0.3, -0.25) is 9.36 Å². The molecule has 2 heterocycles. The number of aryl methyl sites for hydroxylation is 1. The summed E-state index contributed by atoms with van der Waals surface area (Å²) in [4.78, 5) is 17.6. The zero-order valence-corrected chi connectivity index (χ0v) is 17.6. The summed E-state index contributed by atoms with van der Waals surface area (Å²) >= 11 is 0. The molecular weight excluding hydrogens is 402 g/mol. The molecule has 4 aromatic rings. The number of ether oxygens (including phenoxy) is 1. The van der Waals surface area contributed by atoms with E-state index in [-0.39, 0.29) is 11.3 Å². The third kappa shape index (κ3) is 3.88. The SMILES string of the molecule is CCOc1nc(C)cc2c1c(=O)cc(Nc1cccc(C#N)c1)n2-c1cccc(C#N)c1. The van der Waals surface area contributed by atoms with Crippen LogP contribution >= 0.6 is 0 Å². The van der Waals surface area contributed by atoms with Crippen LogP contribution < -0.4 is 15.5 Å². The zero-order valence-electron chi connectivity index (χ0n) is 17.6. The van der Waals surface area contributed by atoms with Crippen LogP contribution in [-0.2, 0) is 0 Å². The Morgan fingerprint density at radius 3 is 2.47 bits per heavy atom. The van der Waals surface area contributed by atoms with E-state index >= 15 is 0 Å². The highest BCUT2D eigenvalue weighted by atomic mass is 16.5. The van der Waals surface area contributed by atoms with Crippen LogP contribution in [0.5, 0.6) is 5.88 Å². The van der Waals surface area contributed by atoms with E-state index in [1.165, 1.54) is 6.07 Å². The van der Waals surface area contributed by atoms with Crippen molar-refractivity contribution in [2.75, 3.05) is 11.9 Å². The summed E-state index contributed by atoms with van der Waals surface area (Å²) in [7, 11) is 0. The first-order valence-corrected chi connectivity index (χ1v) is 10.0. The molecule has 2 aromatic carbocycles. The second kappa shape index (κ2) is 8.63. The van der Waals surface area contributed by atoms with Crippen LogP contribution in [-0.4, -0.2) is 16.2 Å². The smallest absolute Gasteiger partial charge is 0.227 e. The molecular formula is C25H19N5O2. The predicted molar refractivity (Wildman–Crippen MR) is 122 cm³/mol. The zero-order chi connectivity index (χ0) is 22.7. The van der Waals surface area contributed by atoms with Crippen molar-refractivity contribution in [1.82, 2.24) is 9.55 Å². The Morgan fingerprint density at radius 1 is 1.03 bits per heavy atom. The van der Waals surface area contributed by atoms with E-state index in [0.29, 0.717) is 51.5 Å². The van der Waals surface area contributed by atoms with Crippen LogP contribution in [0.4, 0.5) is 11.5 Å². The van der Waals surface area contributed by atoms with Crippen LogP contribution in [0.2, 0.25) is 0 Å². The van der Waals surface area contributed by atoms with Gasteiger partial charge in [0, 0.05) is 23.1 Å². The van der Waals surface area contributed by atoms with Gasteiger partial charge in [0.05, 0.1) is 35.4 Å². The van der Waals surface area contributed by atoms with Crippen molar-refractivity contribution in [3.05, 3.63) is 87.7 Å². The normalized spacial score (nSPS) is 10.4. The Bertz CT molecular complexity index is 1470. The molecule has 0 saturated carbocycles. The molecule has 0 aliphatic carbocycles. The molecule has 0 unspecified atom stereocenters. The van der Waals surface area contributed by atoms with Gasteiger partial charge in [-0.2, -0.15) is 10.5 Å². The highest BCUT2D eigenvalue weighted by Gasteiger charge is 2.17. The number of nitrogens with one attached hydrogen (secondary N) is 1. The second-order valence-electron chi connectivity index (χ2n) is 7.10. The van der Waals surface area contributed by atoms with Gasteiger partial charge in [0.2, 0.25) is 5.88 Å². The minimum atomic E-state index is -0.248. The van der Waals surface area contributed by atoms with Crippen molar-refractivity contribution in [1.29, 1.82) is 10.5 Å². The highest BCUT2D eigenvalue weighted by molar-refractivity contribution is 5.88. The predicted octanol–water partition coefficient (Wildman–Crippen LogP) is 4.58. The molecule has 0 atom stereocenters. The van der Waals surface area contributed by atoms with Gasteiger partial charge in [-0.05, 0) is 56.3 Å². The second-order valence-corrected chi connectivity index (χ2v) is 7.10. The highest BCUT2D eigenvalue weighted by Crippen LogP contribution is 2.30. The average molecular weight is 421 g/mol. The van der Waals surface area contributed by atoms with Gasteiger partial charge < -0.3 is 10.1 Å². The van der Waals surface area contributed by atoms with E-state index in [9.17, 15) is 15.3 Å².